The molecule has 0 amide bonds. The molecule has 66 valence electrons. The molecule has 0 atom stereocenters. The average Bonchev–Trinajstić information content (AvgIpc) is 1.85. The third kappa shape index (κ3) is 2.02. The monoisotopic (exact) mass is 175 g/mol. The standard InChI is InChI=1S/C4H3N3O4.H2O/c8-2(9)1-5-3(10)7-4(11)6-1;/h(H,8,9)(H2,5,6,7,10,11);1H2. The fourth-order valence-corrected chi connectivity index (χ4v) is 0.495. The van der Waals surface area contributed by atoms with E-state index in [1.54, 1.807) is 4.98 Å². The Morgan fingerprint density at radius 3 is 2.33 bits per heavy atom. The molecule has 0 fully saturated rings. The van der Waals surface area contributed by atoms with Crippen LogP contribution in [0.2, 0.25) is 0 Å². The van der Waals surface area contributed by atoms with Crippen molar-refractivity contribution in [2.75, 3.05) is 0 Å². The van der Waals surface area contributed by atoms with Crippen molar-refractivity contribution in [3.63, 3.8) is 0 Å². The van der Waals surface area contributed by atoms with Crippen LogP contribution in [0.5, 0.6) is 0 Å². The normalized spacial score (nSPS) is 8.67. The average molecular weight is 175 g/mol. The number of H-pyrrole nitrogens is 2. The second kappa shape index (κ2) is 3.44. The molecule has 1 aromatic heterocycles. The predicted octanol–water partition coefficient (Wildman–Crippen LogP) is -2.67. The highest BCUT2D eigenvalue weighted by atomic mass is 16.4. The summed E-state index contributed by atoms with van der Waals surface area (Å²) in [5, 5.41) is 8.25. The zero-order chi connectivity index (χ0) is 8.43. The van der Waals surface area contributed by atoms with Crippen LogP contribution in [0.15, 0.2) is 9.59 Å². The van der Waals surface area contributed by atoms with Crippen LogP contribution in [0.1, 0.15) is 10.6 Å². The molecule has 5 N–H and O–H groups in total. The van der Waals surface area contributed by atoms with E-state index in [-0.39, 0.29) is 5.48 Å². The first-order valence-corrected chi connectivity index (χ1v) is 2.53. The highest BCUT2D eigenvalue weighted by molar-refractivity contribution is 5.82. The number of nitrogens with zero attached hydrogens (tertiary/aromatic N) is 1. The second-order valence-corrected chi connectivity index (χ2v) is 1.65. The first-order chi connectivity index (χ1) is 5.09. The number of aromatic carboxylic acids is 1. The molecule has 0 bridgehead atoms. The van der Waals surface area contributed by atoms with E-state index in [1.165, 1.54) is 0 Å². The van der Waals surface area contributed by atoms with Crippen molar-refractivity contribution in [3.8, 4) is 0 Å². The quantitative estimate of drug-likeness (QED) is 0.425. The van der Waals surface area contributed by atoms with Gasteiger partial charge in [0.25, 0.3) is 0 Å². The van der Waals surface area contributed by atoms with Crippen molar-refractivity contribution in [2.45, 2.75) is 0 Å². The predicted molar refractivity (Wildman–Crippen MR) is 36.1 cm³/mol. The van der Waals surface area contributed by atoms with Crippen LogP contribution in [-0.2, 0) is 0 Å². The summed E-state index contributed by atoms with van der Waals surface area (Å²) >= 11 is 0. The lowest BCUT2D eigenvalue weighted by atomic mass is 10.6. The van der Waals surface area contributed by atoms with Crippen molar-refractivity contribution in [1.82, 2.24) is 15.0 Å². The summed E-state index contributed by atoms with van der Waals surface area (Å²) in [6.07, 6.45) is 0. The Kier molecular flexibility index (Phi) is 2.88. The maximum atomic E-state index is 10.4. The van der Waals surface area contributed by atoms with Gasteiger partial charge in [0.05, 0.1) is 0 Å². The molecule has 8 heteroatoms. The molecule has 0 radical (unpaired) electrons. The maximum absolute atomic E-state index is 10.4. The molecule has 0 aliphatic heterocycles. The molecule has 8 nitrogen and oxygen atoms in total. The highest BCUT2D eigenvalue weighted by Crippen LogP contribution is 1.75. The van der Waals surface area contributed by atoms with Crippen molar-refractivity contribution < 1.29 is 15.4 Å². The largest absolute Gasteiger partial charge is 0.475 e. The van der Waals surface area contributed by atoms with Gasteiger partial charge in [-0.3, -0.25) is 9.97 Å². The third-order valence-electron chi connectivity index (χ3n) is 0.868. The summed E-state index contributed by atoms with van der Waals surface area (Å²) in [4.78, 5) is 37.4. The minimum atomic E-state index is -1.45. The van der Waals surface area contributed by atoms with Crippen molar-refractivity contribution in [1.29, 1.82) is 0 Å². The zero-order valence-electron chi connectivity index (χ0n) is 5.62. The van der Waals surface area contributed by atoms with E-state index in [0.717, 1.165) is 0 Å². The number of carbonyl (C=O) groups is 1. The summed E-state index contributed by atoms with van der Waals surface area (Å²) in [7, 11) is 0. The van der Waals surface area contributed by atoms with Gasteiger partial charge in [0.15, 0.2) is 0 Å². The van der Waals surface area contributed by atoms with Crippen LogP contribution in [0, 0.1) is 0 Å². The molecule has 1 heterocycles. The molecule has 0 saturated heterocycles. The first-order valence-electron chi connectivity index (χ1n) is 2.53. The molecule has 0 aromatic carbocycles. The van der Waals surface area contributed by atoms with Gasteiger partial charge in [0.1, 0.15) is 0 Å². The second-order valence-electron chi connectivity index (χ2n) is 1.65. The molecule has 12 heavy (non-hydrogen) atoms. The summed E-state index contributed by atoms with van der Waals surface area (Å²) in [5.41, 5.74) is -1.87. The summed E-state index contributed by atoms with van der Waals surface area (Å²) in [6.45, 7) is 0. The van der Waals surface area contributed by atoms with E-state index in [2.05, 4.69) is 4.98 Å². The van der Waals surface area contributed by atoms with Crippen LogP contribution in [0.25, 0.3) is 0 Å². The summed E-state index contributed by atoms with van der Waals surface area (Å²) < 4.78 is 0. The van der Waals surface area contributed by atoms with Gasteiger partial charge in [-0.05, 0) is 0 Å². The number of carboxylic acid groups (broad SMARTS) is 1. The van der Waals surface area contributed by atoms with Crippen molar-refractivity contribution in [2.24, 2.45) is 0 Å². The van der Waals surface area contributed by atoms with Crippen molar-refractivity contribution >= 4 is 5.97 Å². The lowest BCUT2D eigenvalue weighted by molar-refractivity contribution is 0.0682. The van der Waals surface area contributed by atoms with E-state index in [4.69, 9.17) is 5.11 Å². The van der Waals surface area contributed by atoms with Gasteiger partial charge in [-0.1, -0.05) is 0 Å². The Morgan fingerprint density at radius 2 is 1.92 bits per heavy atom. The van der Waals surface area contributed by atoms with Gasteiger partial charge in [0.2, 0.25) is 5.82 Å². The maximum Gasteiger partial charge on any atom is 0.372 e. The minimum Gasteiger partial charge on any atom is -0.475 e. The Balaban J connectivity index is 0.00000121. The summed E-state index contributed by atoms with van der Waals surface area (Å²) in [5.74, 6) is -2.12. The topological polar surface area (TPSA) is 147 Å². The van der Waals surface area contributed by atoms with Crippen LogP contribution in [0.3, 0.4) is 0 Å². The number of nitrogens with one attached hydrogen (secondary N) is 2. The SMILES string of the molecule is O.O=C(O)c1nc(=O)[nH]c(=O)[nH]1. The van der Waals surface area contributed by atoms with E-state index < -0.39 is 23.2 Å². The molecule has 1 aromatic rings. The van der Waals surface area contributed by atoms with E-state index in [1.807, 2.05) is 4.98 Å². The molecule has 0 aliphatic rings. The molecule has 0 spiro atoms. The zero-order valence-corrected chi connectivity index (χ0v) is 5.62. The number of rotatable bonds is 1. The fourth-order valence-electron chi connectivity index (χ4n) is 0.495. The molecular formula is C4H5N3O5. The Bertz CT molecular complexity index is 362. The third-order valence-corrected chi connectivity index (χ3v) is 0.868. The number of hydrogen-bond acceptors (Lipinski definition) is 4. The van der Waals surface area contributed by atoms with Gasteiger partial charge >= 0.3 is 17.3 Å². The fraction of sp³-hybridized carbons (Fsp3) is 0. The van der Waals surface area contributed by atoms with Gasteiger partial charge < -0.3 is 10.6 Å². The van der Waals surface area contributed by atoms with Gasteiger partial charge in [-0.2, -0.15) is 4.98 Å². The van der Waals surface area contributed by atoms with E-state index in [9.17, 15) is 14.4 Å². The molecular weight excluding hydrogens is 170 g/mol. The molecule has 0 saturated carbocycles. The van der Waals surface area contributed by atoms with Crippen LogP contribution < -0.4 is 11.4 Å². The van der Waals surface area contributed by atoms with Gasteiger partial charge in [-0.25, -0.2) is 14.4 Å². The number of aromatic nitrogens is 3. The smallest absolute Gasteiger partial charge is 0.372 e. The van der Waals surface area contributed by atoms with E-state index >= 15 is 0 Å². The Labute approximate surface area is 64.2 Å². The number of carboxylic acids is 1. The molecule has 0 aliphatic carbocycles. The number of hydrogen-bond donors (Lipinski definition) is 3. The van der Waals surface area contributed by atoms with Crippen LogP contribution in [0.4, 0.5) is 0 Å². The van der Waals surface area contributed by atoms with Crippen molar-refractivity contribution in [3.05, 3.63) is 26.8 Å². The van der Waals surface area contributed by atoms with Crippen LogP contribution >= 0.6 is 0 Å². The Morgan fingerprint density at radius 1 is 1.33 bits per heavy atom. The molecule has 1 rings (SSSR count). The van der Waals surface area contributed by atoms with Gasteiger partial charge in [-0.15, -0.1) is 0 Å². The van der Waals surface area contributed by atoms with Gasteiger partial charge in [0, 0.05) is 0 Å². The van der Waals surface area contributed by atoms with Crippen LogP contribution in [-0.4, -0.2) is 31.5 Å². The highest BCUT2D eigenvalue weighted by Gasteiger charge is 2.05. The summed E-state index contributed by atoms with van der Waals surface area (Å²) in [6, 6.07) is 0. The number of aromatic amines is 2. The first kappa shape index (κ1) is 10.0. The lowest BCUT2D eigenvalue weighted by Crippen LogP contribution is -2.28. The lowest BCUT2D eigenvalue weighted by Gasteiger charge is -1.88. The minimum absolute atomic E-state index is 0. The molecule has 0 unspecified atom stereocenters. The Hall–Kier alpha value is -1.96. The van der Waals surface area contributed by atoms with E-state index in [0.29, 0.717) is 0 Å².